The Kier molecular flexibility index (Phi) is 3.37. The lowest BCUT2D eigenvalue weighted by Crippen LogP contribution is -2.18. The van der Waals surface area contributed by atoms with Crippen LogP contribution in [0.15, 0.2) is 18.3 Å². The van der Waals surface area contributed by atoms with Gasteiger partial charge in [0, 0.05) is 18.4 Å². The minimum atomic E-state index is 0.533. The van der Waals surface area contributed by atoms with Crippen LogP contribution in [0.1, 0.15) is 43.9 Å². The first-order valence-corrected chi connectivity index (χ1v) is 5.93. The monoisotopic (exact) mass is 204 g/mol. The third-order valence-corrected chi connectivity index (χ3v) is 3.04. The van der Waals surface area contributed by atoms with Crippen LogP contribution < -0.4 is 0 Å². The third kappa shape index (κ3) is 2.78. The Labute approximate surface area is 92.3 Å². The molecule has 0 aliphatic carbocycles. The summed E-state index contributed by atoms with van der Waals surface area (Å²) in [6, 6.07) is 4.39. The summed E-state index contributed by atoms with van der Waals surface area (Å²) < 4.78 is 0. The van der Waals surface area contributed by atoms with E-state index in [1.54, 1.807) is 0 Å². The van der Waals surface area contributed by atoms with Gasteiger partial charge in [0.15, 0.2) is 0 Å². The van der Waals surface area contributed by atoms with E-state index in [9.17, 15) is 0 Å². The number of pyridine rings is 1. The van der Waals surface area contributed by atoms with Gasteiger partial charge < -0.3 is 0 Å². The van der Waals surface area contributed by atoms with Crippen molar-refractivity contribution in [1.29, 1.82) is 0 Å². The fraction of sp³-hybridized carbons (Fsp3) is 0.615. The molecule has 82 valence electrons. The molecule has 1 aliphatic heterocycles. The molecule has 1 aromatic heterocycles. The van der Waals surface area contributed by atoms with Crippen LogP contribution >= 0.6 is 0 Å². The summed E-state index contributed by atoms with van der Waals surface area (Å²) >= 11 is 0. The molecule has 2 rings (SSSR count). The topological polar surface area (TPSA) is 16.1 Å². The van der Waals surface area contributed by atoms with Gasteiger partial charge in [-0.1, -0.05) is 19.9 Å². The molecule has 2 heteroatoms. The molecule has 0 N–H and O–H groups in total. The van der Waals surface area contributed by atoms with Crippen LogP contribution in [0.4, 0.5) is 0 Å². The Morgan fingerprint density at radius 2 is 2.00 bits per heavy atom. The zero-order chi connectivity index (χ0) is 10.7. The van der Waals surface area contributed by atoms with E-state index < -0.39 is 0 Å². The van der Waals surface area contributed by atoms with E-state index in [0.717, 1.165) is 6.54 Å². The minimum absolute atomic E-state index is 0.533. The maximum absolute atomic E-state index is 4.49. The van der Waals surface area contributed by atoms with Crippen molar-refractivity contribution in [2.45, 2.75) is 39.2 Å². The Bertz CT molecular complexity index is 297. The second-order valence-corrected chi connectivity index (χ2v) is 4.73. The van der Waals surface area contributed by atoms with Gasteiger partial charge in [0.1, 0.15) is 0 Å². The van der Waals surface area contributed by atoms with Gasteiger partial charge in [-0.2, -0.15) is 0 Å². The molecule has 0 aromatic carbocycles. The fourth-order valence-electron chi connectivity index (χ4n) is 2.07. The van der Waals surface area contributed by atoms with Crippen LogP contribution in [0.3, 0.4) is 0 Å². The van der Waals surface area contributed by atoms with Crippen molar-refractivity contribution >= 4 is 0 Å². The minimum Gasteiger partial charge on any atom is -0.299 e. The Hall–Kier alpha value is -0.890. The summed E-state index contributed by atoms with van der Waals surface area (Å²) in [6.07, 6.45) is 4.75. The van der Waals surface area contributed by atoms with Gasteiger partial charge in [-0.05, 0) is 43.5 Å². The van der Waals surface area contributed by atoms with Crippen molar-refractivity contribution in [2.24, 2.45) is 0 Å². The lowest BCUT2D eigenvalue weighted by molar-refractivity contribution is 0.331. The van der Waals surface area contributed by atoms with Crippen molar-refractivity contribution in [3.63, 3.8) is 0 Å². The first-order valence-electron chi connectivity index (χ1n) is 5.93. The summed E-state index contributed by atoms with van der Waals surface area (Å²) in [5.41, 5.74) is 2.54. The number of nitrogens with zero attached hydrogens (tertiary/aromatic N) is 2. The molecule has 1 aliphatic rings. The number of hydrogen-bond acceptors (Lipinski definition) is 2. The average Bonchev–Trinajstić information content (AvgIpc) is 2.71. The molecule has 1 aromatic rings. The van der Waals surface area contributed by atoms with Gasteiger partial charge >= 0.3 is 0 Å². The van der Waals surface area contributed by atoms with Crippen LogP contribution in [0.2, 0.25) is 0 Å². The quantitative estimate of drug-likeness (QED) is 0.752. The molecule has 0 amide bonds. The average molecular weight is 204 g/mol. The van der Waals surface area contributed by atoms with Gasteiger partial charge in [0.25, 0.3) is 0 Å². The first-order chi connectivity index (χ1) is 7.25. The summed E-state index contributed by atoms with van der Waals surface area (Å²) in [5, 5.41) is 0. The van der Waals surface area contributed by atoms with Crippen LogP contribution in [0.5, 0.6) is 0 Å². The van der Waals surface area contributed by atoms with Crippen LogP contribution in [0, 0.1) is 0 Å². The van der Waals surface area contributed by atoms with Crippen molar-refractivity contribution < 1.29 is 0 Å². The number of aromatic nitrogens is 1. The maximum atomic E-state index is 4.49. The molecule has 2 nitrogen and oxygen atoms in total. The summed E-state index contributed by atoms with van der Waals surface area (Å²) in [5.74, 6) is 0.533. The zero-order valence-electron chi connectivity index (χ0n) is 9.74. The van der Waals surface area contributed by atoms with Gasteiger partial charge in [-0.25, -0.2) is 0 Å². The summed E-state index contributed by atoms with van der Waals surface area (Å²) in [6.45, 7) is 7.95. The molecule has 0 radical (unpaired) electrons. The van der Waals surface area contributed by atoms with Gasteiger partial charge in [0.05, 0.1) is 0 Å². The second-order valence-electron chi connectivity index (χ2n) is 4.73. The number of likely N-dealkylation sites (tertiary alicyclic amines) is 1. The van der Waals surface area contributed by atoms with E-state index in [0.29, 0.717) is 5.92 Å². The standard InChI is InChI=1S/C13H20N2/c1-11(2)13-6-5-12(9-14-13)10-15-7-3-4-8-15/h5-6,9,11H,3-4,7-8,10H2,1-2H3. The Morgan fingerprint density at radius 1 is 1.27 bits per heavy atom. The lowest BCUT2D eigenvalue weighted by Gasteiger charge is -2.14. The fourth-order valence-corrected chi connectivity index (χ4v) is 2.07. The van der Waals surface area contributed by atoms with Gasteiger partial charge in [-0.3, -0.25) is 9.88 Å². The summed E-state index contributed by atoms with van der Waals surface area (Å²) in [7, 11) is 0. The highest BCUT2D eigenvalue weighted by atomic mass is 15.1. The first kappa shape index (κ1) is 10.6. The lowest BCUT2D eigenvalue weighted by atomic mass is 10.1. The maximum Gasteiger partial charge on any atom is 0.0429 e. The highest BCUT2D eigenvalue weighted by Crippen LogP contribution is 2.14. The van der Waals surface area contributed by atoms with Crippen LogP contribution in [0.25, 0.3) is 0 Å². The van der Waals surface area contributed by atoms with Crippen molar-refractivity contribution in [2.75, 3.05) is 13.1 Å². The molecular formula is C13H20N2. The molecular weight excluding hydrogens is 184 g/mol. The highest BCUT2D eigenvalue weighted by Gasteiger charge is 2.11. The van der Waals surface area contributed by atoms with E-state index >= 15 is 0 Å². The van der Waals surface area contributed by atoms with Gasteiger partial charge in [0.2, 0.25) is 0 Å². The molecule has 1 fully saturated rings. The van der Waals surface area contributed by atoms with E-state index in [4.69, 9.17) is 0 Å². The SMILES string of the molecule is CC(C)c1ccc(CN2CCCC2)cn1. The van der Waals surface area contributed by atoms with E-state index in [2.05, 4.69) is 35.9 Å². The second kappa shape index (κ2) is 4.75. The molecule has 2 heterocycles. The van der Waals surface area contributed by atoms with Crippen molar-refractivity contribution in [3.8, 4) is 0 Å². The molecule has 0 spiro atoms. The largest absolute Gasteiger partial charge is 0.299 e. The predicted molar refractivity (Wildman–Crippen MR) is 62.8 cm³/mol. The van der Waals surface area contributed by atoms with Crippen molar-refractivity contribution in [1.82, 2.24) is 9.88 Å². The molecule has 15 heavy (non-hydrogen) atoms. The molecule has 0 atom stereocenters. The Balaban J connectivity index is 1.97. The highest BCUT2D eigenvalue weighted by molar-refractivity contribution is 5.16. The molecule has 0 bridgehead atoms. The smallest absolute Gasteiger partial charge is 0.0429 e. The van der Waals surface area contributed by atoms with E-state index in [-0.39, 0.29) is 0 Å². The zero-order valence-corrected chi connectivity index (χ0v) is 9.74. The normalized spacial score (nSPS) is 17.5. The Morgan fingerprint density at radius 3 is 2.53 bits per heavy atom. The summed E-state index contributed by atoms with van der Waals surface area (Å²) in [4.78, 5) is 7.00. The molecule has 1 saturated heterocycles. The molecule has 0 saturated carbocycles. The van der Waals surface area contributed by atoms with E-state index in [1.807, 2.05) is 6.20 Å². The number of rotatable bonds is 3. The van der Waals surface area contributed by atoms with Crippen molar-refractivity contribution in [3.05, 3.63) is 29.6 Å². The van der Waals surface area contributed by atoms with Crippen LogP contribution in [-0.4, -0.2) is 23.0 Å². The number of hydrogen-bond donors (Lipinski definition) is 0. The van der Waals surface area contributed by atoms with Crippen LogP contribution in [-0.2, 0) is 6.54 Å². The third-order valence-electron chi connectivity index (χ3n) is 3.04. The predicted octanol–water partition coefficient (Wildman–Crippen LogP) is 2.80. The van der Waals surface area contributed by atoms with E-state index in [1.165, 1.54) is 37.2 Å². The van der Waals surface area contributed by atoms with Gasteiger partial charge in [-0.15, -0.1) is 0 Å². The molecule has 0 unspecified atom stereocenters.